The first kappa shape index (κ1) is 14.2. The number of benzene rings is 2. The minimum absolute atomic E-state index is 0.124. The van der Waals surface area contributed by atoms with Crippen molar-refractivity contribution < 1.29 is 4.79 Å². The van der Waals surface area contributed by atoms with E-state index in [0.29, 0.717) is 5.56 Å². The molecule has 0 bridgehead atoms. The zero-order valence-electron chi connectivity index (χ0n) is 12.9. The van der Waals surface area contributed by atoms with Crippen molar-refractivity contribution in [3.63, 3.8) is 0 Å². The number of hydrogen-bond acceptors (Lipinski definition) is 2. The number of hydrogen-bond donors (Lipinski definition) is 2. The lowest BCUT2D eigenvalue weighted by Gasteiger charge is -2.07. The molecule has 4 rings (SSSR count). The number of nitrogens with one attached hydrogen (secondary N) is 2. The molecule has 0 saturated heterocycles. The van der Waals surface area contributed by atoms with Crippen LogP contribution >= 0.6 is 0 Å². The number of pyridine rings is 1. The first-order valence-electron chi connectivity index (χ1n) is 7.70. The average molecular weight is 313 g/mol. The predicted octanol–water partition coefficient (Wildman–Crippen LogP) is 4.48. The molecule has 0 atom stereocenters. The fourth-order valence-electron chi connectivity index (χ4n) is 2.72. The number of H-pyrrole nitrogens is 1. The van der Waals surface area contributed by atoms with E-state index in [0.717, 1.165) is 27.8 Å². The van der Waals surface area contributed by atoms with Crippen molar-refractivity contribution in [1.82, 2.24) is 9.97 Å². The van der Waals surface area contributed by atoms with Gasteiger partial charge in [-0.15, -0.1) is 0 Å². The maximum absolute atomic E-state index is 12.3. The highest BCUT2D eigenvalue weighted by molar-refractivity contribution is 6.04. The predicted molar refractivity (Wildman–Crippen MR) is 95.9 cm³/mol. The fraction of sp³-hybridized carbons (Fsp3) is 0. The third-order valence-corrected chi connectivity index (χ3v) is 3.93. The van der Waals surface area contributed by atoms with Crippen LogP contribution in [-0.4, -0.2) is 15.9 Å². The Hall–Kier alpha value is -3.40. The SMILES string of the molecule is O=C(Nc1ccccc1)c1ccc(-c2nccc3[nH]ccc23)cc1. The summed E-state index contributed by atoms with van der Waals surface area (Å²) in [5.74, 6) is -0.124. The molecule has 4 aromatic rings. The van der Waals surface area contributed by atoms with E-state index in [2.05, 4.69) is 15.3 Å². The van der Waals surface area contributed by atoms with Crippen LogP contribution in [-0.2, 0) is 0 Å². The fourth-order valence-corrected chi connectivity index (χ4v) is 2.72. The summed E-state index contributed by atoms with van der Waals surface area (Å²) in [4.78, 5) is 20.0. The largest absolute Gasteiger partial charge is 0.361 e. The minimum Gasteiger partial charge on any atom is -0.361 e. The molecule has 2 aromatic carbocycles. The van der Waals surface area contributed by atoms with E-state index >= 15 is 0 Å². The van der Waals surface area contributed by atoms with Crippen LogP contribution in [0.2, 0.25) is 0 Å². The number of aromatic amines is 1. The first-order chi connectivity index (χ1) is 11.8. The van der Waals surface area contributed by atoms with E-state index in [4.69, 9.17) is 0 Å². The zero-order chi connectivity index (χ0) is 16.4. The lowest BCUT2D eigenvalue weighted by molar-refractivity contribution is 0.102. The summed E-state index contributed by atoms with van der Waals surface area (Å²) in [6, 6.07) is 20.9. The molecule has 2 heterocycles. The standard InChI is InChI=1S/C20H15N3O/c24-20(23-16-4-2-1-3-5-16)15-8-6-14(7-9-15)19-17-10-12-21-18(17)11-13-22-19/h1-13,21H,(H,23,24). The molecule has 1 amide bonds. The second-order valence-electron chi connectivity index (χ2n) is 5.50. The number of fused-ring (bicyclic) bond motifs is 1. The minimum atomic E-state index is -0.124. The van der Waals surface area contributed by atoms with Gasteiger partial charge in [-0.2, -0.15) is 0 Å². The molecule has 0 spiro atoms. The second-order valence-corrected chi connectivity index (χ2v) is 5.50. The Kier molecular flexibility index (Phi) is 3.56. The summed E-state index contributed by atoms with van der Waals surface area (Å²) in [6.45, 7) is 0. The molecule has 0 unspecified atom stereocenters. The van der Waals surface area contributed by atoms with Crippen LogP contribution in [0.1, 0.15) is 10.4 Å². The van der Waals surface area contributed by atoms with Crippen molar-refractivity contribution in [2.24, 2.45) is 0 Å². The average Bonchev–Trinajstić information content (AvgIpc) is 3.11. The van der Waals surface area contributed by atoms with Gasteiger partial charge in [0.15, 0.2) is 0 Å². The molecule has 0 fully saturated rings. The maximum Gasteiger partial charge on any atom is 0.255 e. The molecule has 0 radical (unpaired) electrons. The van der Waals surface area contributed by atoms with E-state index in [1.165, 1.54) is 0 Å². The Bertz CT molecular complexity index is 988. The van der Waals surface area contributed by atoms with Crippen molar-refractivity contribution in [3.8, 4) is 11.3 Å². The van der Waals surface area contributed by atoms with Crippen LogP contribution < -0.4 is 5.32 Å². The van der Waals surface area contributed by atoms with Gasteiger partial charge in [0.25, 0.3) is 5.91 Å². The Morgan fingerprint density at radius 1 is 0.917 bits per heavy atom. The summed E-state index contributed by atoms with van der Waals surface area (Å²) in [6.07, 6.45) is 3.68. The number of carbonyl (C=O) groups is 1. The third-order valence-electron chi connectivity index (χ3n) is 3.93. The number of rotatable bonds is 3. The van der Waals surface area contributed by atoms with Gasteiger partial charge in [-0.1, -0.05) is 30.3 Å². The molecular formula is C20H15N3O. The summed E-state index contributed by atoms with van der Waals surface area (Å²) >= 11 is 0. The van der Waals surface area contributed by atoms with E-state index in [1.54, 1.807) is 6.20 Å². The molecule has 2 aromatic heterocycles. The molecule has 0 aliphatic carbocycles. The van der Waals surface area contributed by atoms with Gasteiger partial charge < -0.3 is 10.3 Å². The van der Waals surface area contributed by atoms with Gasteiger partial charge >= 0.3 is 0 Å². The number of anilines is 1. The van der Waals surface area contributed by atoms with Gasteiger partial charge in [0.2, 0.25) is 0 Å². The van der Waals surface area contributed by atoms with Crippen molar-refractivity contribution >= 4 is 22.5 Å². The number of para-hydroxylation sites is 1. The maximum atomic E-state index is 12.3. The van der Waals surface area contributed by atoms with Gasteiger partial charge in [0, 0.05) is 40.1 Å². The van der Waals surface area contributed by atoms with Crippen molar-refractivity contribution in [3.05, 3.63) is 84.7 Å². The number of aromatic nitrogens is 2. The molecule has 116 valence electrons. The number of amides is 1. The van der Waals surface area contributed by atoms with Gasteiger partial charge in [-0.3, -0.25) is 9.78 Å². The zero-order valence-corrected chi connectivity index (χ0v) is 12.9. The summed E-state index contributed by atoms with van der Waals surface area (Å²) in [5, 5.41) is 3.95. The van der Waals surface area contributed by atoms with Crippen LogP contribution in [0.25, 0.3) is 22.2 Å². The van der Waals surface area contributed by atoms with Gasteiger partial charge in [-0.25, -0.2) is 0 Å². The molecule has 0 aliphatic rings. The monoisotopic (exact) mass is 313 g/mol. The normalized spacial score (nSPS) is 10.7. The van der Waals surface area contributed by atoms with Crippen molar-refractivity contribution in [2.45, 2.75) is 0 Å². The first-order valence-corrected chi connectivity index (χ1v) is 7.70. The Morgan fingerprint density at radius 3 is 2.50 bits per heavy atom. The van der Waals surface area contributed by atoms with E-state index in [1.807, 2.05) is 72.9 Å². The van der Waals surface area contributed by atoms with E-state index in [-0.39, 0.29) is 5.91 Å². The van der Waals surface area contributed by atoms with Crippen LogP contribution in [0.5, 0.6) is 0 Å². The van der Waals surface area contributed by atoms with E-state index < -0.39 is 0 Å². The second kappa shape index (κ2) is 6.01. The number of nitrogens with zero attached hydrogens (tertiary/aromatic N) is 1. The number of carbonyl (C=O) groups excluding carboxylic acids is 1. The Labute approximate surface area is 139 Å². The van der Waals surface area contributed by atoms with Crippen LogP contribution in [0.15, 0.2) is 79.1 Å². The molecule has 0 saturated carbocycles. The highest BCUT2D eigenvalue weighted by Gasteiger charge is 2.09. The summed E-state index contributed by atoms with van der Waals surface area (Å²) < 4.78 is 0. The molecule has 4 heteroatoms. The molecule has 0 aliphatic heterocycles. The van der Waals surface area contributed by atoms with Gasteiger partial charge in [0.05, 0.1) is 5.69 Å². The molecular weight excluding hydrogens is 298 g/mol. The summed E-state index contributed by atoms with van der Waals surface area (Å²) in [5.41, 5.74) is 4.33. The summed E-state index contributed by atoms with van der Waals surface area (Å²) in [7, 11) is 0. The molecule has 2 N–H and O–H groups in total. The topological polar surface area (TPSA) is 57.8 Å². The van der Waals surface area contributed by atoms with Crippen LogP contribution in [0, 0.1) is 0 Å². The highest BCUT2D eigenvalue weighted by Crippen LogP contribution is 2.26. The Balaban J connectivity index is 1.61. The van der Waals surface area contributed by atoms with Crippen molar-refractivity contribution in [2.75, 3.05) is 5.32 Å². The van der Waals surface area contributed by atoms with Gasteiger partial charge in [-0.05, 0) is 36.4 Å². The van der Waals surface area contributed by atoms with E-state index in [9.17, 15) is 4.79 Å². The lowest BCUT2D eigenvalue weighted by Crippen LogP contribution is -2.11. The van der Waals surface area contributed by atoms with Crippen molar-refractivity contribution in [1.29, 1.82) is 0 Å². The van der Waals surface area contributed by atoms with Crippen LogP contribution in [0.4, 0.5) is 5.69 Å². The third kappa shape index (κ3) is 2.65. The smallest absolute Gasteiger partial charge is 0.255 e. The Morgan fingerprint density at radius 2 is 1.71 bits per heavy atom. The quantitative estimate of drug-likeness (QED) is 0.586. The van der Waals surface area contributed by atoms with Crippen LogP contribution in [0.3, 0.4) is 0 Å². The molecule has 4 nitrogen and oxygen atoms in total. The lowest BCUT2D eigenvalue weighted by atomic mass is 10.1. The highest BCUT2D eigenvalue weighted by atomic mass is 16.1. The molecule has 24 heavy (non-hydrogen) atoms. The van der Waals surface area contributed by atoms with Gasteiger partial charge in [0.1, 0.15) is 0 Å².